The molecule has 1 fully saturated rings. The van der Waals surface area contributed by atoms with Gasteiger partial charge in [-0.05, 0) is 23.3 Å². The minimum absolute atomic E-state index is 0.0154. The third kappa shape index (κ3) is 3.87. The van der Waals surface area contributed by atoms with Crippen LogP contribution < -0.4 is 0 Å². The summed E-state index contributed by atoms with van der Waals surface area (Å²) in [6, 6.07) is 15.6. The van der Waals surface area contributed by atoms with Crippen LogP contribution in [-0.4, -0.2) is 30.4 Å². The van der Waals surface area contributed by atoms with Crippen molar-refractivity contribution in [3.05, 3.63) is 71.5 Å². The molecule has 2 atom stereocenters. The number of rotatable bonds is 4. The van der Waals surface area contributed by atoms with Crippen LogP contribution in [0.1, 0.15) is 23.5 Å². The summed E-state index contributed by atoms with van der Waals surface area (Å²) in [6.07, 6.45) is 0.207. The fraction of sp³-hybridized carbons (Fsp3) is 0.300. The van der Waals surface area contributed by atoms with E-state index in [2.05, 4.69) is 0 Å². The van der Waals surface area contributed by atoms with Crippen LogP contribution in [0.2, 0.25) is 0 Å². The molecule has 1 amide bonds. The van der Waals surface area contributed by atoms with E-state index in [-0.39, 0.29) is 30.0 Å². The summed E-state index contributed by atoms with van der Waals surface area (Å²) in [4.78, 5) is 26.6. The number of likely N-dealkylation sites (tertiary alicyclic amines) is 1. The van der Waals surface area contributed by atoms with Gasteiger partial charge in [0.15, 0.2) is 0 Å². The molecule has 1 aliphatic heterocycles. The first kappa shape index (κ1) is 17.1. The van der Waals surface area contributed by atoms with Crippen molar-refractivity contribution in [2.75, 3.05) is 13.7 Å². The number of hydrogen-bond acceptors (Lipinski definition) is 3. The van der Waals surface area contributed by atoms with Gasteiger partial charge in [-0.3, -0.25) is 9.59 Å². The van der Waals surface area contributed by atoms with Crippen LogP contribution >= 0.6 is 0 Å². The third-order valence-electron chi connectivity index (χ3n) is 4.67. The minimum atomic E-state index is -0.461. The zero-order chi connectivity index (χ0) is 17.8. The highest BCUT2D eigenvalue weighted by molar-refractivity contribution is 5.83. The normalized spacial score (nSPS) is 20.4. The molecule has 130 valence electrons. The summed E-state index contributed by atoms with van der Waals surface area (Å²) < 4.78 is 18.1. The van der Waals surface area contributed by atoms with E-state index >= 15 is 0 Å². The van der Waals surface area contributed by atoms with Crippen molar-refractivity contribution in [3.8, 4) is 0 Å². The van der Waals surface area contributed by atoms with Gasteiger partial charge in [0.1, 0.15) is 5.82 Å². The molecule has 0 unspecified atom stereocenters. The first-order valence-corrected chi connectivity index (χ1v) is 8.23. The van der Waals surface area contributed by atoms with Gasteiger partial charge in [0.05, 0.1) is 13.0 Å². The summed E-state index contributed by atoms with van der Waals surface area (Å²) in [6.45, 7) is 0.756. The maximum Gasteiger partial charge on any atom is 0.311 e. The van der Waals surface area contributed by atoms with Gasteiger partial charge in [-0.2, -0.15) is 0 Å². The van der Waals surface area contributed by atoms with Crippen LogP contribution in [0.5, 0.6) is 0 Å². The molecule has 0 spiro atoms. The first-order chi connectivity index (χ1) is 12.1. The number of benzene rings is 2. The number of carbonyl (C=O) groups is 2. The first-order valence-electron chi connectivity index (χ1n) is 8.23. The molecule has 0 aromatic heterocycles. The largest absolute Gasteiger partial charge is 0.469 e. The van der Waals surface area contributed by atoms with Gasteiger partial charge in [0.2, 0.25) is 5.91 Å². The monoisotopic (exact) mass is 341 g/mol. The second-order valence-corrected chi connectivity index (χ2v) is 6.25. The number of amides is 1. The Kier molecular flexibility index (Phi) is 5.12. The predicted molar refractivity (Wildman–Crippen MR) is 91.1 cm³/mol. The average Bonchev–Trinajstić information content (AvgIpc) is 2.64. The molecule has 5 heteroatoms. The Hall–Kier alpha value is -2.69. The van der Waals surface area contributed by atoms with E-state index in [1.54, 1.807) is 17.0 Å². The molecule has 1 heterocycles. The summed E-state index contributed by atoms with van der Waals surface area (Å²) in [5, 5.41) is 0. The van der Waals surface area contributed by atoms with E-state index in [9.17, 15) is 14.0 Å². The van der Waals surface area contributed by atoms with Crippen molar-refractivity contribution in [1.82, 2.24) is 4.90 Å². The molecular weight excluding hydrogens is 321 g/mol. The molecule has 0 aliphatic carbocycles. The van der Waals surface area contributed by atoms with Crippen molar-refractivity contribution < 1.29 is 18.7 Å². The predicted octanol–water partition coefficient (Wildman–Crippen LogP) is 3.13. The smallest absolute Gasteiger partial charge is 0.311 e. The standard InChI is InChI=1S/C20H20FNO3/c1-25-20(24)18-13-22(12-14-5-3-2-4-6-14)19(23)11-17(18)15-7-9-16(21)10-8-15/h2-10,17-18H,11-13H2,1H3/t17-,18-/m1/s1. The number of esters is 1. The van der Waals surface area contributed by atoms with Gasteiger partial charge in [-0.15, -0.1) is 0 Å². The van der Waals surface area contributed by atoms with Crippen molar-refractivity contribution >= 4 is 11.9 Å². The van der Waals surface area contributed by atoms with E-state index in [0.29, 0.717) is 13.1 Å². The zero-order valence-corrected chi connectivity index (χ0v) is 14.0. The quantitative estimate of drug-likeness (QED) is 0.803. The molecule has 0 bridgehead atoms. The van der Waals surface area contributed by atoms with Crippen LogP contribution in [0.25, 0.3) is 0 Å². The second-order valence-electron chi connectivity index (χ2n) is 6.25. The lowest BCUT2D eigenvalue weighted by Gasteiger charge is -2.37. The molecule has 2 aromatic carbocycles. The summed E-state index contributed by atoms with van der Waals surface area (Å²) in [5.41, 5.74) is 1.80. The van der Waals surface area contributed by atoms with Gasteiger partial charge >= 0.3 is 5.97 Å². The topological polar surface area (TPSA) is 46.6 Å². The Bertz CT molecular complexity index is 745. The second kappa shape index (κ2) is 7.47. The highest BCUT2D eigenvalue weighted by Gasteiger charge is 2.39. The van der Waals surface area contributed by atoms with Gasteiger partial charge < -0.3 is 9.64 Å². The van der Waals surface area contributed by atoms with Crippen molar-refractivity contribution in [1.29, 1.82) is 0 Å². The third-order valence-corrected chi connectivity index (χ3v) is 4.67. The number of ether oxygens (including phenoxy) is 1. The molecule has 3 rings (SSSR count). The van der Waals surface area contributed by atoms with E-state index < -0.39 is 5.92 Å². The maximum atomic E-state index is 13.2. The van der Waals surface area contributed by atoms with Crippen LogP contribution in [0.3, 0.4) is 0 Å². The maximum absolute atomic E-state index is 13.2. The summed E-state index contributed by atoms with van der Waals surface area (Å²) in [5.74, 6) is -1.46. The number of hydrogen-bond donors (Lipinski definition) is 0. The highest BCUT2D eigenvalue weighted by Crippen LogP contribution is 2.35. The Labute approximate surface area is 146 Å². The Morgan fingerprint density at radius 3 is 2.48 bits per heavy atom. The fourth-order valence-corrected chi connectivity index (χ4v) is 3.33. The number of halogens is 1. The molecule has 0 radical (unpaired) electrons. The number of methoxy groups -OCH3 is 1. The summed E-state index contributed by atoms with van der Waals surface area (Å²) >= 11 is 0. The molecule has 1 aliphatic rings. The van der Waals surface area contributed by atoms with Gasteiger partial charge in [0, 0.05) is 25.4 Å². The van der Waals surface area contributed by atoms with Crippen molar-refractivity contribution in [2.24, 2.45) is 5.92 Å². The lowest BCUT2D eigenvalue weighted by molar-refractivity contribution is -0.151. The van der Waals surface area contributed by atoms with E-state index in [1.165, 1.54) is 19.2 Å². The van der Waals surface area contributed by atoms with Crippen molar-refractivity contribution in [3.63, 3.8) is 0 Å². The Balaban J connectivity index is 1.83. The van der Waals surface area contributed by atoms with E-state index in [0.717, 1.165) is 11.1 Å². The van der Waals surface area contributed by atoms with Gasteiger partial charge in [-0.1, -0.05) is 42.5 Å². The molecule has 1 saturated heterocycles. The lowest BCUT2D eigenvalue weighted by atomic mass is 9.80. The van der Waals surface area contributed by atoms with Gasteiger partial charge in [-0.25, -0.2) is 4.39 Å². The highest BCUT2D eigenvalue weighted by atomic mass is 19.1. The minimum Gasteiger partial charge on any atom is -0.469 e. The fourth-order valence-electron chi connectivity index (χ4n) is 3.33. The molecule has 0 N–H and O–H groups in total. The van der Waals surface area contributed by atoms with Crippen molar-refractivity contribution in [2.45, 2.75) is 18.9 Å². The molecule has 0 saturated carbocycles. The van der Waals surface area contributed by atoms with E-state index in [4.69, 9.17) is 4.74 Å². The van der Waals surface area contributed by atoms with Crippen LogP contribution in [0.15, 0.2) is 54.6 Å². The number of carbonyl (C=O) groups excluding carboxylic acids is 2. The lowest BCUT2D eigenvalue weighted by Crippen LogP contribution is -2.46. The summed E-state index contributed by atoms with van der Waals surface area (Å²) in [7, 11) is 1.35. The average molecular weight is 341 g/mol. The van der Waals surface area contributed by atoms with Crippen LogP contribution in [0.4, 0.5) is 4.39 Å². The molecule has 4 nitrogen and oxygen atoms in total. The van der Waals surface area contributed by atoms with Gasteiger partial charge in [0.25, 0.3) is 0 Å². The van der Waals surface area contributed by atoms with Crippen LogP contribution in [0, 0.1) is 11.7 Å². The van der Waals surface area contributed by atoms with Crippen LogP contribution in [-0.2, 0) is 20.9 Å². The number of nitrogens with zero attached hydrogens (tertiary/aromatic N) is 1. The molecule has 25 heavy (non-hydrogen) atoms. The number of piperidine rings is 1. The SMILES string of the molecule is COC(=O)[C@@H]1CN(Cc2ccccc2)C(=O)C[C@@H]1c1ccc(F)cc1. The molecule has 2 aromatic rings. The molecular formula is C20H20FNO3. The zero-order valence-electron chi connectivity index (χ0n) is 14.0. The Morgan fingerprint density at radius 2 is 1.84 bits per heavy atom. The Morgan fingerprint density at radius 1 is 1.16 bits per heavy atom. The van der Waals surface area contributed by atoms with E-state index in [1.807, 2.05) is 30.3 Å².